The average molecular weight is 713 g/mol. The highest BCUT2D eigenvalue weighted by molar-refractivity contribution is 6.02. The van der Waals surface area contributed by atoms with Crippen molar-refractivity contribution in [2.75, 3.05) is 61.7 Å². The Balaban J connectivity index is 1.06. The first-order valence-electron chi connectivity index (χ1n) is 16.8. The molecule has 12 heteroatoms. The molecule has 0 bridgehead atoms. The van der Waals surface area contributed by atoms with Crippen molar-refractivity contribution in [1.82, 2.24) is 5.32 Å². The summed E-state index contributed by atoms with van der Waals surface area (Å²) in [6.45, 7) is 0.502. The molecule has 6 rings (SSSR count). The van der Waals surface area contributed by atoms with E-state index >= 15 is 0 Å². The van der Waals surface area contributed by atoms with Crippen LogP contribution in [0.25, 0.3) is 12.2 Å². The van der Waals surface area contributed by atoms with Crippen LogP contribution in [0.4, 0.5) is 5.69 Å². The molecule has 1 atom stereocenters. The van der Waals surface area contributed by atoms with Gasteiger partial charge in [-0.2, -0.15) is 0 Å². The van der Waals surface area contributed by atoms with Gasteiger partial charge in [-0.25, -0.2) is 0 Å². The summed E-state index contributed by atoms with van der Waals surface area (Å²) >= 11 is 0. The highest BCUT2D eigenvalue weighted by Crippen LogP contribution is 2.44. The van der Waals surface area contributed by atoms with Gasteiger partial charge in [-0.05, 0) is 90.0 Å². The number of hydrogen-bond donors (Lipinski definition) is 2. The summed E-state index contributed by atoms with van der Waals surface area (Å²) in [6, 6.07) is 18.6. The van der Waals surface area contributed by atoms with Crippen LogP contribution < -0.4 is 53.3 Å². The van der Waals surface area contributed by atoms with Gasteiger partial charge in [-0.1, -0.05) is 18.2 Å². The number of carbonyl (C=O) groups excluding carboxylic acids is 1. The molecule has 1 heterocycles. The van der Waals surface area contributed by atoms with Gasteiger partial charge in [0.1, 0.15) is 11.9 Å². The molecule has 12 nitrogen and oxygen atoms in total. The van der Waals surface area contributed by atoms with Crippen molar-refractivity contribution in [2.45, 2.75) is 25.1 Å². The predicted octanol–water partition coefficient (Wildman–Crippen LogP) is 7.01. The fourth-order valence-corrected chi connectivity index (χ4v) is 6.30. The lowest BCUT2D eigenvalue weighted by molar-refractivity contribution is 0.0345. The van der Waals surface area contributed by atoms with Crippen molar-refractivity contribution in [3.8, 4) is 51.7 Å². The Labute approximate surface area is 303 Å². The third-order valence-electron chi connectivity index (χ3n) is 9.16. The van der Waals surface area contributed by atoms with Gasteiger partial charge in [0.05, 0.1) is 68.0 Å². The molecule has 1 saturated carbocycles. The maximum absolute atomic E-state index is 12.8. The quantitative estimate of drug-likeness (QED) is 0.124. The molecule has 0 radical (unpaired) electrons. The van der Waals surface area contributed by atoms with Gasteiger partial charge in [-0.15, -0.1) is 0 Å². The molecule has 0 saturated heterocycles. The lowest BCUT2D eigenvalue weighted by atomic mass is 9.83. The molecule has 2 aliphatic rings. The van der Waals surface area contributed by atoms with E-state index in [9.17, 15) is 4.79 Å². The van der Waals surface area contributed by atoms with Crippen molar-refractivity contribution in [1.29, 1.82) is 0 Å². The van der Waals surface area contributed by atoms with Crippen molar-refractivity contribution in [2.24, 2.45) is 5.92 Å². The van der Waals surface area contributed by atoms with Gasteiger partial charge < -0.3 is 53.3 Å². The molecule has 1 aliphatic carbocycles. The van der Waals surface area contributed by atoms with Crippen LogP contribution in [0.15, 0.2) is 60.7 Å². The Morgan fingerprint density at radius 2 is 1.21 bits per heavy atom. The van der Waals surface area contributed by atoms with Gasteiger partial charge in [0, 0.05) is 5.69 Å². The zero-order valence-corrected chi connectivity index (χ0v) is 30.4. The van der Waals surface area contributed by atoms with Gasteiger partial charge in [0.15, 0.2) is 34.5 Å². The average Bonchev–Trinajstić information content (AvgIpc) is 3.16. The van der Waals surface area contributed by atoms with Gasteiger partial charge in [0.25, 0.3) is 5.91 Å². The number of nitrogens with one attached hydrogen (secondary N) is 2. The third-order valence-corrected chi connectivity index (χ3v) is 9.16. The molecule has 274 valence electrons. The summed E-state index contributed by atoms with van der Waals surface area (Å²) < 4.78 is 51.4. The number of benzene rings is 4. The van der Waals surface area contributed by atoms with Crippen molar-refractivity contribution in [3.05, 3.63) is 82.9 Å². The lowest BCUT2D eigenvalue weighted by Gasteiger charge is -2.35. The Kier molecular flexibility index (Phi) is 11.0. The molecule has 4 aromatic carbocycles. The van der Waals surface area contributed by atoms with Gasteiger partial charge in [-0.3, -0.25) is 4.79 Å². The van der Waals surface area contributed by atoms with E-state index in [4.69, 9.17) is 42.6 Å². The van der Waals surface area contributed by atoms with E-state index in [1.54, 1.807) is 55.8 Å². The molecule has 1 unspecified atom stereocenters. The van der Waals surface area contributed by atoms with E-state index in [-0.39, 0.29) is 12.0 Å². The summed E-state index contributed by atoms with van der Waals surface area (Å²) in [6.07, 6.45) is 5.05. The van der Waals surface area contributed by atoms with E-state index in [0.717, 1.165) is 35.2 Å². The fourth-order valence-electron chi connectivity index (χ4n) is 6.30. The fraction of sp³-hybridized carbons (Fsp3) is 0.325. The van der Waals surface area contributed by atoms with Crippen LogP contribution in [0.3, 0.4) is 0 Å². The lowest BCUT2D eigenvalue weighted by Crippen LogP contribution is -2.38. The third kappa shape index (κ3) is 7.56. The first-order chi connectivity index (χ1) is 25.3. The number of amides is 1. The molecule has 1 aliphatic heterocycles. The highest BCUT2D eigenvalue weighted by atomic mass is 16.5. The SMILES string of the molecule is COc1ccc2c(c1)C(=O)NC(c1ccc(OCC3CC(Oc4c(OC)cc(/C=C\c5cc(OC)c(OC)c(OC)c5)cc4OC)C3)c(OC)c1)N2. The van der Waals surface area contributed by atoms with Crippen molar-refractivity contribution in [3.63, 3.8) is 0 Å². The highest BCUT2D eigenvalue weighted by Gasteiger charge is 2.33. The Morgan fingerprint density at radius 1 is 0.615 bits per heavy atom. The first-order valence-corrected chi connectivity index (χ1v) is 16.8. The molecule has 0 spiro atoms. The maximum atomic E-state index is 12.8. The van der Waals surface area contributed by atoms with E-state index in [1.165, 1.54) is 0 Å². The first kappa shape index (κ1) is 35.9. The molecular weight excluding hydrogens is 668 g/mol. The van der Waals surface area contributed by atoms with Gasteiger partial charge >= 0.3 is 0 Å². The van der Waals surface area contributed by atoms with E-state index in [2.05, 4.69) is 10.6 Å². The molecule has 1 fully saturated rings. The summed E-state index contributed by atoms with van der Waals surface area (Å²) in [4.78, 5) is 12.8. The summed E-state index contributed by atoms with van der Waals surface area (Å²) in [5.41, 5.74) is 3.82. The summed E-state index contributed by atoms with van der Waals surface area (Å²) in [5.74, 6) is 5.30. The number of rotatable bonds is 15. The van der Waals surface area contributed by atoms with Crippen LogP contribution >= 0.6 is 0 Å². The standard InChI is InChI=1S/C40H44N2O10/c1-44-27-11-12-30-29(21-27)40(43)42-39(41-30)26-10-13-31(32(20-26)45-2)51-22-25-14-28(15-25)52-38-35(48-5)18-24(19-36(38)49-6)9-8-23-16-33(46-3)37(50-7)34(17-23)47-4/h8-13,16-21,25,28,39,41H,14-15,22H2,1-7H3,(H,42,43)/b9-8-. The maximum Gasteiger partial charge on any atom is 0.255 e. The Bertz CT molecular complexity index is 1890. The Hall–Kier alpha value is -5.91. The van der Waals surface area contributed by atoms with Gasteiger partial charge in [0.2, 0.25) is 11.5 Å². The topological polar surface area (TPSA) is 124 Å². The van der Waals surface area contributed by atoms with Crippen molar-refractivity contribution < 1.29 is 47.4 Å². The number of fused-ring (bicyclic) bond motifs is 1. The molecular formula is C40H44N2O10. The minimum Gasteiger partial charge on any atom is -0.497 e. The number of hydrogen-bond acceptors (Lipinski definition) is 11. The second-order valence-corrected chi connectivity index (χ2v) is 12.3. The summed E-state index contributed by atoms with van der Waals surface area (Å²) in [7, 11) is 11.1. The predicted molar refractivity (Wildman–Crippen MR) is 197 cm³/mol. The zero-order chi connectivity index (χ0) is 36.8. The van der Waals surface area contributed by atoms with E-state index in [0.29, 0.717) is 69.8 Å². The number of carbonyl (C=O) groups is 1. The smallest absolute Gasteiger partial charge is 0.255 e. The van der Waals surface area contributed by atoms with Crippen LogP contribution in [-0.2, 0) is 0 Å². The molecule has 52 heavy (non-hydrogen) atoms. The molecule has 0 aromatic heterocycles. The number of anilines is 1. The zero-order valence-electron chi connectivity index (χ0n) is 30.4. The second kappa shape index (κ2) is 16.0. The van der Waals surface area contributed by atoms with Crippen LogP contribution in [0.1, 0.15) is 46.1 Å². The van der Waals surface area contributed by atoms with E-state index in [1.807, 2.05) is 66.7 Å². The minimum absolute atomic E-state index is 0.0230. The second-order valence-electron chi connectivity index (χ2n) is 12.3. The Morgan fingerprint density at radius 3 is 1.77 bits per heavy atom. The largest absolute Gasteiger partial charge is 0.497 e. The monoisotopic (exact) mass is 712 g/mol. The van der Waals surface area contributed by atoms with Crippen LogP contribution in [0.5, 0.6) is 51.7 Å². The van der Waals surface area contributed by atoms with Crippen LogP contribution in [-0.4, -0.2) is 68.4 Å². The minimum atomic E-state index is -0.429. The number of ether oxygens (including phenoxy) is 9. The van der Waals surface area contributed by atoms with Crippen LogP contribution in [0.2, 0.25) is 0 Å². The van der Waals surface area contributed by atoms with Crippen molar-refractivity contribution >= 4 is 23.7 Å². The van der Waals surface area contributed by atoms with Crippen LogP contribution in [0, 0.1) is 5.92 Å². The molecule has 4 aromatic rings. The molecule has 1 amide bonds. The summed E-state index contributed by atoms with van der Waals surface area (Å²) in [5, 5.41) is 6.37. The molecule has 2 N–H and O–H groups in total. The number of methoxy groups -OCH3 is 7. The van der Waals surface area contributed by atoms with E-state index < -0.39 is 6.17 Å². The normalized spacial score (nSPS) is 17.5.